The molecule has 2 aliphatic rings. The average Bonchev–Trinajstić information content (AvgIpc) is 3.31. The molecule has 3 N–H and O–H groups in total. The molecule has 2 fully saturated rings. The lowest BCUT2D eigenvalue weighted by Crippen LogP contribution is -2.58. The molecule has 2 unspecified atom stereocenters. The smallest absolute Gasteiger partial charge is 0.249 e. The first-order chi connectivity index (χ1) is 15.5. The van der Waals surface area contributed by atoms with Crippen LogP contribution in [-0.4, -0.2) is 86.3 Å². The Morgan fingerprint density at radius 2 is 2.09 bits per heavy atom. The van der Waals surface area contributed by atoms with E-state index in [4.69, 9.17) is 15.2 Å². The number of hydrogen-bond acceptors (Lipinski definition) is 6. The number of benzene rings is 1. The van der Waals surface area contributed by atoms with Gasteiger partial charge < -0.3 is 25.4 Å². The summed E-state index contributed by atoms with van der Waals surface area (Å²) in [5.41, 5.74) is 6.55. The molecule has 2 aliphatic heterocycles. The number of halogens is 1. The fourth-order valence-electron chi connectivity index (χ4n) is 4.56. The van der Waals surface area contributed by atoms with Gasteiger partial charge in [0.15, 0.2) is 0 Å². The monoisotopic (exact) mass is 450 g/mol. The maximum absolute atomic E-state index is 13.4. The van der Waals surface area contributed by atoms with Crippen molar-refractivity contribution >= 4 is 11.8 Å². The first kappa shape index (κ1) is 24.6. The lowest BCUT2D eigenvalue weighted by molar-refractivity contribution is -0.146. The lowest BCUT2D eigenvalue weighted by atomic mass is 9.93. The van der Waals surface area contributed by atoms with Gasteiger partial charge in [-0.2, -0.15) is 0 Å². The van der Waals surface area contributed by atoms with Crippen LogP contribution in [0.2, 0.25) is 0 Å². The van der Waals surface area contributed by atoms with E-state index >= 15 is 0 Å². The summed E-state index contributed by atoms with van der Waals surface area (Å²) in [5.74, 6) is -0.646. The van der Waals surface area contributed by atoms with Crippen molar-refractivity contribution in [2.45, 2.75) is 50.4 Å². The summed E-state index contributed by atoms with van der Waals surface area (Å²) in [5, 5.41) is 2.83. The highest BCUT2D eigenvalue weighted by Gasteiger charge is 2.38. The molecule has 0 bridgehead atoms. The van der Waals surface area contributed by atoms with Gasteiger partial charge >= 0.3 is 0 Å². The Hall–Kier alpha value is -2.07. The molecule has 0 radical (unpaired) electrons. The maximum atomic E-state index is 13.4. The Kier molecular flexibility index (Phi) is 9.40. The summed E-state index contributed by atoms with van der Waals surface area (Å²) < 4.78 is 24.3. The lowest BCUT2D eigenvalue weighted by Gasteiger charge is -2.43. The van der Waals surface area contributed by atoms with Gasteiger partial charge in [0.25, 0.3) is 0 Å². The van der Waals surface area contributed by atoms with Gasteiger partial charge in [-0.3, -0.25) is 14.5 Å². The molecule has 2 heterocycles. The number of hydrogen-bond donors (Lipinski definition) is 2. The molecule has 0 aliphatic carbocycles. The molecule has 0 aromatic heterocycles. The normalized spacial score (nSPS) is 23.5. The minimum absolute atomic E-state index is 0.0550. The van der Waals surface area contributed by atoms with Crippen LogP contribution in [0.15, 0.2) is 24.3 Å². The Morgan fingerprint density at radius 1 is 1.31 bits per heavy atom. The summed E-state index contributed by atoms with van der Waals surface area (Å²) in [6, 6.07) is 6.03. The van der Waals surface area contributed by atoms with E-state index in [-0.39, 0.29) is 36.4 Å². The molecule has 0 spiro atoms. The fraction of sp³-hybridized carbons (Fsp3) is 0.652. The summed E-state index contributed by atoms with van der Waals surface area (Å²) in [6.07, 6.45) is 3.45. The van der Waals surface area contributed by atoms with Gasteiger partial charge in [0.05, 0.1) is 6.10 Å². The van der Waals surface area contributed by atoms with Crippen molar-refractivity contribution in [1.82, 2.24) is 15.1 Å². The van der Waals surface area contributed by atoms with E-state index in [1.807, 2.05) is 0 Å². The Labute approximate surface area is 189 Å². The van der Waals surface area contributed by atoms with Crippen LogP contribution in [0.5, 0.6) is 0 Å². The van der Waals surface area contributed by atoms with Gasteiger partial charge in [-0.05, 0) is 43.4 Å². The third-order valence-electron chi connectivity index (χ3n) is 6.19. The molecule has 3 rings (SSSR count). The van der Waals surface area contributed by atoms with Gasteiger partial charge in [-0.1, -0.05) is 12.1 Å². The largest absolute Gasteiger partial charge is 0.377 e. The van der Waals surface area contributed by atoms with Gasteiger partial charge in [-0.25, -0.2) is 4.39 Å². The third-order valence-corrected chi connectivity index (χ3v) is 6.19. The van der Waals surface area contributed by atoms with E-state index in [2.05, 4.69) is 10.2 Å². The quantitative estimate of drug-likeness (QED) is 0.550. The molecular weight excluding hydrogens is 415 g/mol. The van der Waals surface area contributed by atoms with Crippen molar-refractivity contribution in [3.63, 3.8) is 0 Å². The number of likely N-dealkylation sites (tertiary alicyclic amines) is 1. The molecule has 1 aromatic rings. The molecule has 178 valence electrons. The molecule has 9 heteroatoms. The Bertz CT molecular complexity index is 742. The second-order valence-electron chi connectivity index (χ2n) is 8.48. The van der Waals surface area contributed by atoms with Crippen LogP contribution in [0.3, 0.4) is 0 Å². The van der Waals surface area contributed by atoms with Gasteiger partial charge in [-0.15, -0.1) is 0 Å². The number of methoxy groups -OCH3 is 1. The summed E-state index contributed by atoms with van der Waals surface area (Å²) in [6.45, 7) is 3.26. The van der Waals surface area contributed by atoms with Gasteiger partial charge in [0.1, 0.15) is 18.5 Å². The van der Waals surface area contributed by atoms with Crippen molar-refractivity contribution in [3.8, 4) is 0 Å². The Balaban J connectivity index is 1.76. The van der Waals surface area contributed by atoms with Crippen LogP contribution in [0.25, 0.3) is 0 Å². The van der Waals surface area contributed by atoms with Crippen LogP contribution in [0.4, 0.5) is 4.39 Å². The standard InChI is InChI=1S/C23H35FN4O4/c1-31-16-22(29)28-11-8-19(13-21(28)23(30)26-10-9-25)27(15-20-3-2-12-32-20)14-17-4-6-18(24)7-5-17/h4-7,19-21H,2-3,8-16,25H2,1H3,(H,26,30)/t19?,20?,21-/m1/s1. The number of nitrogens with zero attached hydrogens (tertiary/aromatic N) is 2. The molecular formula is C23H35FN4O4. The number of carbonyl (C=O) groups excluding carboxylic acids is 2. The van der Waals surface area contributed by atoms with Crippen molar-refractivity contribution in [1.29, 1.82) is 0 Å². The zero-order valence-corrected chi connectivity index (χ0v) is 18.8. The summed E-state index contributed by atoms with van der Waals surface area (Å²) >= 11 is 0. The second kappa shape index (κ2) is 12.2. The van der Waals surface area contributed by atoms with Crippen LogP contribution in [0, 0.1) is 5.82 Å². The predicted octanol–water partition coefficient (Wildman–Crippen LogP) is 0.888. The second-order valence-corrected chi connectivity index (χ2v) is 8.48. The first-order valence-electron chi connectivity index (χ1n) is 11.4. The molecule has 2 amide bonds. The van der Waals surface area contributed by atoms with Crippen molar-refractivity contribution in [3.05, 3.63) is 35.6 Å². The third kappa shape index (κ3) is 6.71. The molecule has 8 nitrogen and oxygen atoms in total. The predicted molar refractivity (Wildman–Crippen MR) is 118 cm³/mol. The van der Waals surface area contributed by atoms with Crippen LogP contribution in [-0.2, 0) is 25.6 Å². The summed E-state index contributed by atoms with van der Waals surface area (Å²) in [4.78, 5) is 29.4. The van der Waals surface area contributed by atoms with Crippen LogP contribution < -0.4 is 11.1 Å². The van der Waals surface area contributed by atoms with Crippen molar-refractivity contribution in [2.24, 2.45) is 5.73 Å². The van der Waals surface area contributed by atoms with E-state index in [9.17, 15) is 14.0 Å². The topological polar surface area (TPSA) is 97.1 Å². The number of rotatable bonds is 10. The zero-order valence-electron chi connectivity index (χ0n) is 18.8. The molecule has 1 aromatic carbocycles. The van der Waals surface area contributed by atoms with Crippen LogP contribution in [0.1, 0.15) is 31.2 Å². The van der Waals surface area contributed by atoms with Crippen molar-refractivity contribution in [2.75, 3.05) is 46.5 Å². The van der Waals surface area contributed by atoms with E-state index in [0.717, 1.165) is 38.0 Å². The highest BCUT2D eigenvalue weighted by atomic mass is 19.1. The van der Waals surface area contributed by atoms with Crippen molar-refractivity contribution < 1.29 is 23.5 Å². The minimum atomic E-state index is -0.580. The molecule has 0 saturated carbocycles. The molecule has 32 heavy (non-hydrogen) atoms. The molecule has 2 saturated heterocycles. The van der Waals surface area contributed by atoms with Crippen LogP contribution >= 0.6 is 0 Å². The zero-order chi connectivity index (χ0) is 22.9. The Morgan fingerprint density at radius 3 is 2.75 bits per heavy atom. The number of amides is 2. The number of carbonyl (C=O) groups is 2. The summed E-state index contributed by atoms with van der Waals surface area (Å²) in [7, 11) is 1.47. The van der Waals surface area contributed by atoms with Gasteiger partial charge in [0, 0.05) is 52.5 Å². The highest BCUT2D eigenvalue weighted by molar-refractivity contribution is 5.88. The molecule has 3 atom stereocenters. The number of nitrogens with two attached hydrogens (primary N) is 1. The number of nitrogens with one attached hydrogen (secondary N) is 1. The van der Waals surface area contributed by atoms with E-state index in [1.54, 1.807) is 17.0 Å². The van der Waals surface area contributed by atoms with Gasteiger partial charge in [0.2, 0.25) is 11.8 Å². The maximum Gasteiger partial charge on any atom is 0.249 e. The van der Waals surface area contributed by atoms with E-state index in [1.165, 1.54) is 19.2 Å². The number of ether oxygens (including phenoxy) is 2. The highest BCUT2D eigenvalue weighted by Crippen LogP contribution is 2.26. The van der Waals surface area contributed by atoms with E-state index in [0.29, 0.717) is 32.6 Å². The van der Waals surface area contributed by atoms with E-state index < -0.39 is 6.04 Å². The SMILES string of the molecule is COCC(=O)N1CCC(N(Cc2ccc(F)cc2)CC2CCCO2)C[C@@H]1C(=O)NCCN. The first-order valence-corrected chi connectivity index (χ1v) is 11.4. The fourth-order valence-corrected chi connectivity index (χ4v) is 4.56. The minimum Gasteiger partial charge on any atom is -0.377 e. The average molecular weight is 451 g/mol. The number of piperidine rings is 1.